The molecule has 0 heterocycles. The van der Waals surface area contributed by atoms with Crippen LogP contribution in [0.2, 0.25) is 0 Å². The molecule has 2 fully saturated rings. The van der Waals surface area contributed by atoms with Crippen LogP contribution < -0.4 is 5.32 Å². The Morgan fingerprint density at radius 1 is 1.00 bits per heavy atom. The minimum Gasteiger partial charge on any atom is -0.296 e. The molecule has 0 aromatic rings. The molecule has 0 amide bonds. The van der Waals surface area contributed by atoms with Gasteiger partial charge < -0.3 is 0 Å². The van der Waals surface area contributed by atoms with Gasteiger partial charge in [-0.2, -0.15) is 5.26 Å². The minimum atomic E-state index is -0.243. The van der Waals surface area contributed by atoms with Crippen molar-refractivity contribution >= 4 is 0 Å². The summed E-state index contributed by atoms with van der Waals surface area (Å²) in [7, 11) is 0. The molecule has 0 aliphatic heterocycles. The van der Waals surface area contributed by atoms with Gasteiger partial charge in [0.05, 0.1) is 6.07 Å². The minimum absolute atomic E-state index is 0.243. The zero-order valence-corrected chi connectivity index (χ0v) is 12.0. The fourth-order valence-electron chi connectivity index (χ4n) is 3.81. The summed E-state index contributed by atoms with van der Waals surface area (Å²) in [6.07, 6.45) is 11.5. The summed E-state index contributed by atoms with van der Waals surface area (Å²) in [6, 6.07) is 3.24. The van der Waals surface area contributed by atoms with Crippen LogP contribution in [0.25, 0.3) is 0 Å². The van der Waals surface area contributed by atoms with E-state index in [9.17, 15) is 5.26 Å². The van der Waals surface area contributed by atoms with Crippen molar-refractivity contribution in [3.63, 3.8) is 0 Å². The number of rotatable bonds is 2. The van der Waals surface area contributed by atoms with Crippen molar-refractivity contribution in [3.05, 3.63) is 0 Å². The van der Waals surface area contributed by atoms with Crippen LogP contribution in [-0.2, 0) is 0 Å². The van der Waals surface area contributed by atoms with E-state index in [1.54, 1.807) is 0 Å². The molecule has 0 saturated heterocycles. The molecule has 2 nitrogen and oxygen atoms in total. The van der Waals surface area contributed by atoms with Gasteiger partial charge in [0.25, 0.3) is 0 Å². The Morgan fingerprint density at radius 2 is 1.67 bits per heavy atom. The van der Waals surface area contributed by atoms with Gasteiger partial charge in [-0.3, -0.25) is 5.32 Å². The Hall–Kier alpha value is -0.550. The van der Waals surface area contributed by atoms with Gasteiger partial charge in [0.15, 0.2) is 0 Å². The number of nitrogens with one attached hydrogen (secondary N) is 1. The first kappa shape index (κ1) is 13.9. The van der Waals surface area contributed by atoms with Crippen LogP contribution in [0.5, 0.6) is 0 Å². The van der Waals surface area contributed by atoms with Gasteiger partial charge in [-0.05, 0) is 37.5 Å². The highest BCUT2D eigenvalue weighted by Crippen LogP contribution is 2.37. The van der Waals surface area contributed by atoms with Crippen molar-refractivity contribution in [2.24, 2.45) is 11.8 Å². The van der Waals surface area contributed by atoms with Crippen molar-refractivity contribution in [1.82, 2.24) is 5.32 Å². The van der Waals surface area contributed by atoms with E-state index in [4.69, 9.17) is 0 Å². The second-order valence-corrected chi connectivity index (χ2v) is 6.70. The maximum Gasteiger partial charge on any atom is 0.109 e. The molecule has 102 valence electrons. The third kappa shape index (κ3) is 3.06. The van der Waals surface area contributed by atoms with E-state index in [1.807, 2.05) is 0 Å². The molecule has 0 spiro atoms. The van der Waals surface area contributed by atoms with E-state index in [2.05, 4.69) is 25.2 Å². The second kappa shape index (κ2) is 6.06. The maximum absolute atomic E-state index is 9.72. The van der Waals surface area contributed by atoms with E-state index in [0.29, 0.717) is 17.9 Å². The van der Waals surface area contributed by atoms with Crippen molar-refractivity contribution in [2.75, 3.05) is 0 Å². The number of hydrogen-bond acceptors (Lipinski definition) is 2. The fourth-order valence-corrected chi connectivity index (χ4v) is 3.81. The van der Waals surface area contributed by atoms with E-state index in [-0.39, 0.29) is 5.54 Å². The van der Waals surface area contributed by atoms with Gasteiger partial charge in [0.2, 0.25) is 0 Å². The summed E-state index contributed by atoms with van der Waals surface area (Å²) in [5.41, 5.74) is -0.243. The second-order valence-electron chi connectivity index (χ2n) is 6.70. The molecule has 3 unspecified atom stereocenters. The van der Waals surface area contributed by atoms with Crippen molar-refractivity contribution in [3.8, 4) is 6.07 Å². The summed E-state index contributed by atoms with van der Waals surface area (Å²) in [6.45, 7) is 4.56. The first-order valence-corrected chi connectivity index (χ1v) is 7.85. The van der Waals surface area contributed by atoms with E-state index in [0.717, 1.165) is 6.42 Å². The van der Waals surface area contributed by atoms with E-state index >= 15 is 0 Å². The summed E-state index contributed by atoms with van der Waals surface area (Å²) in [5, 5.41) is 13.5. The summed E-state index contributed by atoms with van der Waals surface area (Å²) < 4.78 is 0. The third-order valence-electron chi connectivity index (χ3n) is 5.12. The monoisotopic (exact) mass is 248 g/mol. The van der Waals surface area contributed by atoms with Crippen molar-refractivity contribution in [1.29, 1.82) is 5.26 Å². The van der Waals surface area contributed by atoms with Crippen LogP contribution in [0.15, 0.2) is 0 Å². The van der Waals surface area contributed by atoms with Crippen molar-refractivity contribution < 1.29 is 0 Å². The molecule has 0 aromatic carbocycles. The number of hydrogen-bond donors (Lipinski definition) is 1. The molecule has 2 aliphatic rings. The van der Waals surface area contributed by atoms with Crippen LogP contribution in [0.3, 0.4) is 0 Å². The standard InChI is InChI=1S/C16H28N2/c1-13-9-10-14(2)16(11-13,12-17)18-15-7-5-3-4-6-8-15/h13-15,18H,3-11H2,1-2H3. The first-order chi connectivity index (χ1) is 8.66. The molecule has 2 saturated carbocycles. The maximum atomic E-state index is 9.72. The van der Waals surface area contributed by atoms with Gasteiger partial charge in [0.1, 0.15) is 5.54 Å². The predicted molar refractivity (Wildman–Crippen MR) is 75.1 cm³/mol. The molecule has 1 N–H and O–H groups in total. The SMILES string of the molecule is CC1CCC(C)C(C#N)(NC2CCCCCC2)C1. The van der Waals surface area contributed by atoms with Gasteiger partial charge in [-0.25, -0.2) is 0 Å². The molecule has 3 atom stereocenters. The van der Waals surface area contributed by atoms with E-state index < -0.39 is 0 Å². The summed E-state index contributed by atoms with van der Waals surface area (Å²) in [5.74, 6) is 1.20. The van der Waals surface area contributed by atoms with Gasteiger partial charge in [-0.1, -0.05) is 46.0 Å². The molecular formula is C16H28N2. The topological polar surface area (TPSA) is 35.8 Å². The lowest BCUT2D eigenvalue weighted by atomic mass is 9.70. The smallest absolute Gasteiger partial charge is 0.109 e. The van der Waals surface area contributed by atoms with Gasteiger partial charge in [0, 0.05) is 6.04 Å². The third-order valence-corrected chi connectivity index (χ3v) is 5.12. The van der Waals surface area contributed by atoms with Crippen LogP contribution in [-0.4, -0.2) is 11.6 Å². The molecule has 2 aliphatic carbocycles. The summed E-state index contributed by atoms with van der Waals surface area (Å²) >= 11 is 0. The molecule has 2 rings (SSSR count). The van der Waals surface area contributed by atoms with Crippen LogP contribution in [0.1, 0.15) is 71.6 Å². The largest absolute Gasteiger partial charge is 0.296 e. The lowest BCUT2D eigenvalue weighted by Gasteiger charge is -2.43. The predicted octanol–water partition coefficient (Wildman–Crippen LogP) is 4.02. The highest BCUT2D eigenvalue weighted by molar-refractivity contribution is 5.13. The Labute approximate surface area is 112 Å². The molecule has 0 radical (unpaired) electrons. The van der Waals surface area contributed by atoms with Crippen molar-refractivity contribution in [2.45, 2.75) is 83.2 Å². The molecular weight excluding hydrogens is 220 g/mol. The van der Waals surface area contributed by atoms with E-state index in [1.165, 1.54) is 51.4 Å². The molecule has 2 heteroatoms. The zero-order valence-electron chi connectivity index (χ0n) is 12.0. The Kier molecular flexibility index (Phi) is 4.67. The van der Waals surface area contributed by atoms with Crippen LogP contribution in [0, 0.1) is 23.2 Å². The average molecular weight is 248 g/mol. The molecule has 0 aromatic heterocycles. The first-order valence-electron chi connectivity index (χ1n) is 7.85. The van der Waals surface area contributed by atoms with Gasteiger partial charge in [-0.15, -0.1) is 0 Å². The lowest BCUT2D eigenvalue weighted by Crippen LogP contribution is -2.56. The van der Waals surface area contributed by atoms with Crippen LogP contribution >= 0.6 is 0 Å². The summed E-state index contributed by atoms with van der Waals surface area (Å²) in [4.78, 5) is 0. The molecule has 0 bridgehead atoms. The zero-order chi connectivity index (χ0) is 13.0. The Bertz CT molecular complexity index is 299. The average Bonchev–Trinajstić information content (AvgIpc) is 2.62. The number of nitrogens with zero attached hydrogens (tertiary/aromatic N) is 1. The number of nitriles is 1. The fraction of sp³-hybridized carbons (Fsp3) is 0.938. The Balaban J connectivity index is 2.04. The highest BCUT2D eigenvalue weighted by atomic mass is 15.0. The van der Waals surface area contributed by atoms with Gasteiger partial charge >= 0.3 is 0 Å². The lowest BCUT2D eigenvalue weighted by molar-refractivity contribution is 0.150. The Morgan fingerprint density at radius 3 is 2.28 bits per heavy atom. The van der Waals surface area contributed by atoms with Crippen LogP contribution in [0.4, 0.5) is 0 Å². The highest BCUT2D eigenvalue weighted by Gasteiger charge is 2.42. The molecule has 18 heavy (non-hydrogen) atoms. The quantitative estimate of drug-likeness (QED) is 0.749. The normalized spacial score (nSPS) is 38.9.